The molecule has 0 saturated carbocycles. The van der Waals surface area contributed by atoms with E-state index in [1.807, 2.05) is 18.2 Å². The van der Waals surface area contributed by atoms with Gasteiger partial charge in [0.1, 0.15) is 17.7 Å². The molecule has 7 bridgehead atoms. The van der Waals surface area contributed by atoms with E-state index in [-0.39, 0.29) is 30.3 Å². The summed E-state index contributed by atoms with van der Waals surface area (Å²) in [5, 5.41) is 5.67. The molecule has 0 radical (unpaired) electrons. The van der Waals surface area contributed by atoms with Crippen LogP contribution >= 0.6 is 0 Å². The molecule has 3 unspecified atom stereocenters. The second-order valence-corrected chi connectivity index (χ2v) is 12.8. The molecule has 9 nitrogen and oxygen atoms in total. The zero-order valence-corrected chi connectivity index (χ0v) is 25.8. The fraction of sp³-hybridized carbons (Fsp3) is 0.400. The van der Waals surface area contributed by atoms with E-state index in [2.05, 4.69) is 20.6 Å². The van der Waals surface area contributed by atoms with Gasteiger partial charge < -0.3 is 20.3 Å². The van der Waals surface area contributed by atoms with Crippen LogP contribution in [-0.2, 0) is 32.6 Å². The SMILES string of the molecule is CC1C(c2c(F)ccc(F)c2F)CC2NC(=O)c3cnc4c(c3)C[C@@]3(C4)C(=O)Nc4ncc(cc43)/C=C/COCCCCCN1C2=O. The first-order chi connectivity index (χ1) is 22.7. The third-order valence-corrected chi connectivity index (χ3v) is 9.99. The van der Waals surface area contributed by atoms with Gasteiger partial charge in [-0.1, -0.05) is 12.2 Å². The number of amides is 3. The number of hydrogen-bond acceptors (Lipinski definition) is 6. The van der Waals surface area contributed by atoms with Crippen LogP contribution in [0.3, 0.4) is 0 Å². The van der Waals surface area contributed by atoms with Gasteiger partial charge in [0, 0.05) is 60.7 Å². The second-order valence-electron chi connectivity index (χ2n) is 12.8. The lowest BCUT2D eigenvalue weighted by Crippen LogP contribution is -2.58. The number of piperidine rings is 1. The van der Waals surface area contributed by atoms with E-state index < -0.39 is 52.3 Å². The predicted octanol–water partition coefficient (Wildman–Crippen LogP) is 4.60. The summed E-state index contributed by atoms with van der Waals surface area (Å²) in [6.45, 7) is 2.86. The summed E-state index contributed by atoms with van der Waals surface area (Å²) < 4.78 is 50.2. The van der Waals surface area contributed by atoms with E-state index in [9.17, 15) is 18.8 Å². The minimum atomic E-state index is -1.29. The van der Waals surface area contributed by atoms with Gasteiger partial charge in [-0.05, 0) is 74.4 Å². The van der Waals surface area contributed by atoms with Crippen LogP contribution in [-0.4, -0.2) is 64.4 Å². The van der Waals surface area contributed by atoms with Gasteiger partial charge in [-0.3, -0.25) is 19.4 Å². The van der Waals surface area contributed by atoms with E-state index in [0.717, 1.165) is 41.7 Å². The molecular formula is C35H34F3N5O4. The van der Waals surface area contributed by atoms with Gasteiger partial charge in [0.25, 0.3) is 5.91 Å². The minimum absolute atomic E-state index is 0.116. The number of nitrogens with zero attached hydrogens (tertiary/aromatic N) is 3. The Balaban J connectivity index is 1.22. The van der Waals surface area contributed by atoms with Crippen molar-refractivity contribution in [1.82, 2.24) is 20.2 Å². The van der Waals surface area contributed by atoms with Crippen LogP contribution in [0.5, 0.6) is 0 Å². The highest BCUT2D eigenvalue weighted by Gasteiger charge is 2.52. The molecule has 244 valence electrons. The van der Waals surface area contributed by atoms with Gasteiger partial charge in [-0.2, -0.15) is 0 Å². The molecule has 1 fully saturated rings. The quantitative estimate of drug-likeness (QED) is 0.374. The van der Waals surface area contributed by atoms with Gasteiger partial charge in [0.15, 0.2) is 11.6 Å². The number of benzene rings is 1. The summed E-state index contributed by atoms with van der Waals surface area (Å²) in [5.74, 6) is -4.94. The number of halogens is 3. The van der Waals surface area contributed by atoms with E-state index in [1.165, 1.54) is 11.1 Å². The number of rotatable bonds is 1. The van der Waals surface area contributed by atoms with Crippen molar-refractivity contribution in [2.75, 3.05) is 25.1 Å². The van der Waals surface area contributed by atoms with Gasteiger partial charge in [0.2, 0.25) is 11.8 Å². The smallest absolute Gasteiger partial charge is 0.253 e. The van der Waals surface area contributed by atoms with Crippen molar-refractivity contribution in [3.05, 3.63) is 93.7 Å². The molecule has 1 spiro atoms. The Morgan fingerprint density at radius 1 is 1.00 bits per heavy atom. The molecule has 4 atom stereocenters. The molecule has 1 aliphatic carbocycles. The monoisotopic (exact) mass is 645 g/mol. The highest BCUT2D eigenvalue weighted by Crippen LogP contribution is 2.46. The third kappa shape index (κ3) is 5.48. The number of aromatic nitrogens is 2. The third-order valence-electron chi connectivity index (χ3n) is 9.99. The van der Waals surface area contributed by atoms with Gasteiger partial charge in [-0.25, -0.2) is 18.2 Å². The zero-order valence-electron chi connectivity index (χ0n) is 25.8. The second kappa shape index (κ2) is 12.2. The van der Waals surface area contributed by atoms with Crippen molar-refractivity contribution in [2.24, 2.45) is 0 Å². The van der Waals surface area contributed by atoms with Crippen LogP contribution in [0.25, 0.3) is 6.08 Å². The van der Waals surface area contributed by atoms with Crippen molar-refractivity contribution in [2.45, 2.75) is 68.9 Å². The first-order valence-electron chi connectivity index (χ1n) is 15.9. The molecule has 2 N–H and O–H groups in total. The van der Waals surface area contributed by atoms with Crippen molar-refractivity contribution in [3.63, 3.8) is 0 Å². The Kier molecular flexibility index (Phi) is 8.07. The summed E-state index contributed by atoms with van der Waals surface area (Å²) in [4.78, 5) is 51.4. The van der Waals surface area contributed by atoms with E-state index >= 15 is 8.78 Å². The fourth-order valence-electron chi connectivity index (χ4n) is 7.47. The van der Waals surface area contributed by atoms with E-state index in [4.69, 9.17) is 4.74 Å². The maximum absolute atomic E-state index is 15.1. The van der Waals surface area contributed by atoms with Gasteiger partial charge >= 0.3 is 0 Å². The Labute approximate surface area is 269 Å². The molecule has 47 heavy (non-hydrogen) atoms. The Morgan fingerprint density at radius 2 is 1.83 bits per heavy atom. The lowest BCUT2D eigenvalue weighted by atomic mass is 9.79. The van der Waals surface area contributed by atoms with Crippen molar-refractivity contribution < 1.29 is 32.3 Å². The number of ether oxygens (including phenoxy) is 1. The maximum Gasteiger partial charge on any atom is 0.253 e. The zero-order chi connectivity index (χ0) is 32.9. The number of hydrogen-bond donors (Lipinski definition) is 2. The van der Waals surface area contributed by atoms with Gasteiger partial charge in [0.05, 0.1) is 17.6 Å². The molecule has 3 aliphatic heterocycles. The predicted molar refractivity (Wildman–Crippen MR) is 166 cm³/mol. The lowest BCUT2D eigenvalue weighted by molar-refractivity contribution is -0.139. The number of carbonyl (C=O) groups is 3. The van der Waals surface area contributed by atoms with Crippen LogP contribution in [0.4, 0.5) is 19.0 Å². The highest BCUT2D eigenvalue weighted by molar-refractivity contribution is 6.06. The van der Waals surface area contributed by atoms with Gasteiger partial charge in [-0.15, -0.1) is 0 Å². The molecule has 4 aliphatic rings. The van der Waals surface area contributed by atoms with Crippen LogP contribution in [0.1, 0.15) is 76.8 Å². The summed E-state index contributed by atoms with van der Waals surface area (Å²) in [7, 11) is 0. The molecular weight excluding hydrogens is 611 g/mol. The van der Waals surface area contributed by atoms with E-state index in [0.29, 0.717) is 44.0 Å². The minimum Gasteiger partial charge on any atom is -0.377 e. The molecule has 1 saturated heterocycles. The molecule has 1 aromatic carbocycles. The Bertz CT molecular complexity index is 1820. The van der Waals surface area contributed by atoms with Crippen molar-refractivity contribution in [1.29, 1.82) is 0 Å². The molecule has 7 rings (SSSR count). The van der Waals surface area contributed by atoms with Crippen molar-refractivity contribution in [3.8, 4) is 0 Å². The van der Waals surface area contributed by atoms with Crippen LogP contribution < -0.4 is 10.6 Å². The number of carbonyl (C=O) groups excluding carboxylic acids is 3. The molecule has 2 aromatic heterocycles. The molecule has 3 aromatic rings. The molecule has 5 heterocycles. The summed E-state index contributed by atoms with van der Waals surface area (Å²) in [6.07, 6.45) is 9.47. The Hall–Kier alpha value is -4.58. The maximum atomic E-state index is 15.1. The summed E-state index contributed by atoms with van der Waals surface area (Å²) in [5.41, 5.74) is 1.84. The summed E-state index contributed by atoms with van der Waals surface area (Å²) in [6, 6.07) is 3.47. The standard InChI is InChI=1S/C35H34F3N5O4/c1-19-23(29-25(36)7-8-26(37)30(29)38)14-27-33(45)43(19)9-3-2-4-10-47-11-5-6-20-12-24-31(40-17-20)42-34(46)35(24)15-21-13-22(32(44)41-27)18-39-28(21)16-35/h5-8,12-13,17-19,23,27H,2-4,9-11,14-16H2,1H3,(H,41,44)(H,40,42,46)/b6-5+/t19?,23?,27?,35-/m0/s1. The number of pyridine rings is 2. The number of fused-ring (bicyclic) bond motifs is 4. The fourth-order valence-corrected chi connectivity index (χ4v) is 7.47. The van der Waals surface area contributed by atoms with Crippen LogP contribution in [0.2, 0.25) is 0 Å². The largest absolute Gasteiger partial charge is 0.377 e. The average Bonchev–Trinajstić information content (AvgIpc) is 3.57. The molecule has 3 amide bonds. The normalized spacial score (nSPS) is 26.8. The average molecular weight is 646 g/mol. The first kappa shape index (κ1) is 31.0. The van der Waals surface area contributed by atoms with Crippen LogP contribution in [0, 0.1) is 17.5 Å². The molecule has 12 heteroatoms. The van der Waals surface area contributed by atoms with Crippen LogP contribution in [0.15, 0.2) is 42.7 Å². The van der Waals surface area contributed by atoms with E-state index in [1.54, 1.807) is 19.2 Å². The highest BCUT2D eigenvalue weighted by atomic mass is 19.2. The first-order valence-corrected chi connectivity index (χ1v) is 15.9. The topological polar surface area (TPSA) is 114 Å². The number of nitrogens with one attached hydrogen (secondary N) is 2. The van der Waals surface area contributed by atoms with Crippen molar-refractivity contribution >= 4 is 29.6 Å². The number of anilines is 1. The lowest BCUT2D eigenvalue weighted by Gasteiger charge is -2.43. The Morgan fingerprint density at radius 3 is 2.68 bits per heavy atom. The summed E-state index contributed by atoms with van der Waals surface area (Å²) >= 11 is 0.